The maximum Gasteiger partial charge on any atom is 0.0695 e. The van der Waals surface area contributed by atoms with Crippen molar-refractivity contribution >= 4 is 15.9 Å². The third-order valence-electron chi connectivity index (χ3n) is 2.81. The SMILES string of the molecule is COC12CC(CBr)(C1)C2. The number of halogens is 1. The monoisotopic (exact) mass is 190 g/mol. The minimum Gasteiger partial charge on any atom is -0.378 e. The molecular weight excluding hydrogens is 180 g/mol. The van der Waals surface area contributed by atoms with E-state index in [-0.39, 0.29) is 0 Å². The Morgan fingerprint density at radius 3 is 2.33 bits per heavy atom. The fourth-order valence-corrected chi connectivity index (χ4v) is 2.85. The van der Waals surface area contributed by atoms with E-state index in [0.717, 1.165) is 0 Å². The van der Waals surface area contributed by atoms with E-state index in [1.165, 1.54) is 24.6 Å². The molecule has 0 saturated heterocycles. The maximum atomic E-state index is 5.35. The summed E-state index contributed by atoms with van der Waals surface area (Å²) in [7, 11) is 1.83. The Morgan fingerprint density at radius 1 is 1.44 bits per heavy atom. The van der Waals surface area contributed by atoms with Crippen LogP contribution in [-0.4, -0.2) is 18.0 Å². The Balaban J connectivity index is 1.96. The quantitative estimate of drug-likeness (QED) is 0.606. The molecule has 0 N–H and O–H groups in total. The minimum atomic E-state index is 0.341. The van der Waals surface area contributed by atoms with E-state index < -0.39 is 0 Å². The van der Waals surface area contributed by atoms with Crippen LogP contribution in [-0.2, 0) is 4.74 Å². The van der Waals surface area contributed by atoms with E-state index in [0.29, 0.717) is 11.0 Å². The van der Waals surface area contributed by atoms with Gasteiger partial charge in [0.15, 0.2) is 0 Å². The first-order valence-corrected chi connectivity index (χ1v) is 4.48. The van der Waals surface area contributed by atoms with Crippen LogP contribution in [0.3, 0.4) is 0 Å². The Bertz CT molecular complexity index is 110. The van der Waals surface area contributed by atoms with Crippen molar-refractivity contribution in [3.63, 3.8) is 0 Å². The summed E-state index contributed by atoms with van der Waals surface area (Å²) in [5, 5.41) is 1.17. The number of methoxy groups -OCH3 is 1. The summed E-state index contributed by atoms with van der Waals surface area (Å²) in [5.41, 5.74) is 1.00. The summed E-state index contributed by atoms with van der Waals surface area (Å²) in [6, 6.07) is 0. The average Bonchev–Trinajstić information content (AvgIpc) is 1.62. The van der Waals surface area contributed by atoms with Gasteiger partial charge in [-0.1, -0.05) is 15.9 Å². The molecule has 2 bridgehead atoms. The second-order valence-electron chi connectivity index (χ2n) is 3.55. The molecule has 3 rings (SSSR count). The summed E-state index contributed by atoms with van der Waals surface area (Å²) in [6.07, 6.45) is 3.88. The molecule has 0 heterocycles. The fourth-order valence-electron chi connectivity index (χ4n) is 2.25. The van der Waals surface area contributed by atoms with E-state index in [1.807, 2.05) is 7.11 Å². The van der Waals surface area contributed by atoms with E-state index in [2.05, 4.69) is 15.9 Å². The van der Waals surface area contributed by atoms with E-state index in [1.54, 1.807) is 0 Å². The van der Waals surface area contributed by atoms with Crippen molar-refractivity contribution in [1.82, 2.24) is 0 Å². The van der Waals surface area contributed by atoms with Crippen molar-refractivity contribution in [2.75, 3.05) is 12.4 Å². The van der Waals surface area contributed by atoms with Crippen molar-refractivity contribution in [3.8, 4) is 0 Å². The molecule has 3 fully saturated rings. The molecule has 0 amide bonds. The standard InChI is InChI=1S/C7H11BrO/c1-9-7-2-6(3-7,4-7)5-8/h2-5H2,1H3. The lowest BCUT2D eigenvalue weighted by molar-refractivity contribution is -0.262. The van der Waals surface area contributed by atoms with Gasteiger partial charge in [0.2, 0.25) is 0 Å². The molecule has 0 unspecified atom stereocenters. The largest absolute Gasteiger partial charge is 0.378 e. The molecule has 0 spiro atoms. The van der Waals surface area contributed by atoms with Gasteiger partial charge in [-0.25, -0.2) is 0 Å². The number of alkyl halides is 1. The number of hydrogen-bond acceptors (Lipinski definition) is 1. The second kappa shape index (κ2) is 1.54. The van der Waals surface area contributed by atoms with Gasteiger partial charge in [-0.2, -0.15) is 0 Å². The Hall–Kier alpha value is 0.440. The lowest BCUT2D eigenvalue weighted by Crippen LogP contribution is -2.68. The van der Waals surface area contributed by atoms with E-state index in [9.17, 15) is 0 Å². The van der Waals surface area contributed by atoms with Crippen molar-refractivity contribution in [1.29, 1.82) is 0 Å². The summed E-state index contributed by atoms with van der Waals surface area (Å²) < 4.78 is 5.35. The first-order valence-electron chi connectivity index (χ1n) is 3.35. The molecule has 0 aliphatic heterocycles. The van der Waals surface area contributed by atoms with Gasteiger partial charge in [0.25, 0.3) is 0 Å². The van der Waals surface area contributed by atoms with Gasteiger partial charge < -0.3 is 4.74 Å². The molecule has 3 aliphatic carbocycles. The number of ether oxygens (including phenoxy) is 1. The third kappa shape index (κ3) is 0.586. The van der Waals surface area contributed by atoms with Crippen LogP contribution in [0.5, 0.6) is 0 Å². The van der Waals surface area contributed by atoms with Crippen LogP contribution < -0.4 is 0 Å². The van der Waals surface area contributed by atoms with Gasteiger partial charge >= 0.3 is 0 Å². The lowest BCUT2D eigenvalue weighted by atomic mass is 9.42. The maximum absolute atomic E-state index is 5.35. The van der Waals surface area contributed by atoms with Gasteiger partial charge in [0, 0.05) is 12.4 Å². The van der Waals surface area contributed by atoms with E-state index >= 15 is 0 Å². The molecule has 1 nitrogen and oxygen atoms in total. The lowest BCUT2D eigenvalue weighted by Gasteiger charge is -2.69. The predicted octanol–water partition coefficient (Wildman–Crippen LogP) is 1.95. The topological polar surface area (TPSA) is 9.23 Å². The van der Waals surface area contributed by atoms with Gasteiger partial charge in [0.1, 0.15) is 0 Å². The highest BCUT2D eigenvalue weighted by atomic mass is 79.9. The second-order valence-corrected chi connectivity index (χ2v) is 4.11. The molecule has 0 atom stereocenters. The first-order chi connectivity index (χ1) is 4.24. The van der Waals surface area contributed by atoms with Crippen molar-refractivity contribution in [2.24, 2.45) is 5.41 Å². The zero-order chi connectivity index (χ0) is 6.54. The van der Waals surface area contributed by atoms with Crippen LogP contribution in [0.1, 0.15) is 19.3 Å². The number of rotatable bonds is 2. The summed E-state index contributed by atoms with van der Waals surface area (Å²) in [4.78, 5) is 0. The number of hydrogen-bond donors (Lipinski definition) is 0. The first kappa shape index (κ1) is 6.17. The molecule has 9 heavy (non-hydrogen) atoms. The van der Waals surface area contributed by atoms with Gasteiger partial charge in [0.05, 0.1) is 5.60 Å². The fraction of sp³-hybridized carbons (Fsp3) is 1.00. The molecule has 52 valence electrons. The van der Waals surface area contributed by atoms with Gasteiger partial charge in [-0.05, 0) is 24.7 Å². The van der Waals surface area contributed by atoms with Gasteiger partial charge in [-0.15, -0.1) is 0 Å². The molecule has 0 radical (unpaired) electrons. The smallest absolute Gasteiger partial charge is 0.0695 e. The van der Waals surface area contributed by atoms with Crippen molar-refractivity contribution < 1.29 is 4.74 Å². The molecule has 3 saturated carbocycles. The molecular formula is C7H11BrO. The van der Waals surface area contributed by atoms with Crippen LogP contribution in [0.15, 0.2) is 0 Å². The van der Waals surface area contributed by atoms with Crippen LogP contribution >= 0.6 is 15.9 Å². The van der Waals surface area contributed by atoms with Crippen molar-refractivity contribution in [3.05, 3.63) is 0 Å². The van der Waals surface area contributed by atoms with Gasteiger partial charge in [-0.3, -0.25) is 0 Å². The summed E-state index contributed by atoms with van der Waals surface area (Å²) >= 11 is 3.52. The highest BCUT2D eigenvalue weighted by Gasteiger charge is 2.67. The Kier molecular flexibility index (Phi) is 1.05. The highest BCUT2D eigenvalue weighted by Crippen LogP contribution is 2.69. The Labute approximate surface area is 63.9 Å². The third-order valence-corrected chi connectivity index (χ3v) is 4.00. The summed E-state index contributed by atoms with van der Waals surface area (Å²) in [5.74, 6) is 0. The van der Waals surface area contributed by atoms with Crippen LogP contribution in [0.4, 0.5) is 0 Å². The normalized spacial score (nSPS) is 54.0. The zero-order valence-corrected chi connectivity index (χ0v) is 7.20. The summed E-state index contributed by atoms with van der Waals surface area (Å²) in [6.45, 7) is 0. The predicted molar refractivity (Wildman–Crippen MR) is 39.8 cm³/mol. The molecule has 0 aromatic carbocycles. The van der Waals surface area contributed by atoms with E-state index in [4.69, 9.17) is 4.74 Å². The highest BCUT2D eigenvalue weighted by molar-refractivity contribution is 9.09. The molecule has 2 heteroatoms. The minimum absolute atomic E-state index is 0.341. The zero-order valence-electron chi connectivity index (χ0n) is 5.61. The average molecular weight is 191 g/mol. The van der Waals surface area contributed by atoms with Crippen LogP contribution in [0.2, 0.25) is 0 Å². The molecule has 3 aliphatic rings. The van der Waals surface area contributed by atoms with Crippen LogP contribution in [0, 0.1) is 5.41 Å². The van der Waals surface area contributed by atoms with Crippen molar-refractivity contribution in [2.45, 2.75) is 24.9 Å². The molecule has 0 aromatic heterocycles. The molecule has 0 aromatic rings. The Morgan fingerprint density at radius 2 is 2.00 bits per heavy atom. The van der Waals surface area contributed by atoms with Crippen LogP contribution in [0.25, 0.3) is 0 Å².